The normalized spacial score (nSPS) is 10.5. The van der Waals surface area contributed by atoms with Crippen LogP contribution in [0.3, 0.4) is 0 Å². The molecule has 0 aromatic heterocycles. The first kappa shape index (κ1) is 20.0. The third-order valence-corrected chi connectivity index (χ3v) is 5.20. The quantitative estimate of drug-likeness (QED) is 0.338. The van der Waals surface area contributed by atoms with E-state index in [9.17, 15) is 4.79 Å². The van der Waals surface area contributed by atoms with Crippen LogP contribution >= 0.6 is 11.8 Å². The Hall–Kier alpha value is -2.72. The monoisotopic (exact) mass is 392 g/mol. The number of esters is 1. The lowest BCUT2D eigenvalue weighted by Gasteiger charge is -2.13. The van der Waals surface area contributed by atoms with Crippen LogP contribution in [-0.2, 0) is 10.5 Å². The average molecular weight is 393 g/mol. The molecule has 0 unspecified atom stereocenters. The average Bonchev–Trinajstić information content (AvgIpc) is 2.75. The number of ether oxygens (including phenoxy) is 2. The minimum absolute atomic E-state index is 0.281. The fraction of sp³-hybridized carbons (Fsp3) is 0.208. The molecular formula is C24H24O3S. The predicted octanol–water partition coefficient (Wildman–Crippen LogP) is 5.84. The van der Waals surface area contributed by atoms with E-state index in [2.05, 4.69) is 12.1 Å². The zero-order valence-electron chi connectivity index (χ0n) is 16.0. The second-order valence-electron chi connectivity index (χ2n) is 6.14. The van der Waals surface area contributed by atoms with Gasteiger partial charge in [-0.25, -0.2) is 4.79 Å². The number of hydrogen-bond acceptors (Lipinski definition) is 4. The molecule has 0 bridgehead atoms. The third kappa shape index (κ3) is 5.40. The van der Waals surface area contributed by atoms with Gasteiger partial charge in [0.25, 0.3) is 0 Å². The van der Waals surface area contributed by atoms with Crippen molar-refractivity contribution < 1.29 is 14.3 Å². The molecule has 0 N–H and O–H groups in total. The molecular weight excluding hydrogens is 368 g/mol. The van der Waals surface area contributed by atoms with Gasteiger partial charge in [0.15, 0.2) is 0 Å². The highest BCUT2D eigenvalue weighted by molar-refractivity contribution is 7.98. The smallest absolute Gasteiger partial charge is 0.338 e. The van der Waals surface area contributed by atoms with E-state index in [4.69, 9.17) is 9.47 Å². The molecule has 4 heteroatoms. The number of carbonyl (C=O) groups excluding carboxylic acids is 1. The molecule has 0 heterocycles. The van der Waals surface area contributed by atoms with Gasteiger partial charge in [-0.2, -0.15) is 11.8 Å². The van der Waals surface area contributed by atoms with E-state index in [1.54, 1.807) is 0 Å². The summed E-state index contributed by atoms with van der Waals surface area (Å²) < 4.78 is 11.0. The molecule has 144 valence electrons. The number of hydrogen-bond donors (Lipinski definition) is 0. The fourth-order valence-corrected chi connectivity index (χ4v) is 3.75. The van der Waals surface area contributed by atoms with Crippen molar-refractivity contribution in [1.82, 2.24) is 0 Å². The number of benzene rings is 3. The van der Waals surface area contributed by atoms with Crippen molar-refractivity contribution in [3.05, 3.63) is 90.0 Å². The molecule has 3 aromatic rings. The Morgan fingerprint density at radius 2 is 1.54 bits per heavy atom. The minimum Gasteiger partial charge on any atom is -0.493 e. The molecule has 28 heavy (non-hydrogen) atoms. The second-order valence-corrected chi connectivity index (χ2v) is 7.24. The lowest BCUT2D eigenvalue weighted by molar-refractivity contribution is 0.0527. The highest BCUT2D eigenvalue weighted by atomic mass is 32.2. The van der Waals surface area contributed by atoms with Gasteiger partial charge in [0, 0.05) is 11.5 Å². The van der Waals surface area contributed by atoms with Crippen LogP contribution < -0.4 is 4.74 Å². The fourth-order valence-electron chi connectivity index (χ4n) is 2.93. The van der Waals surface area contributed by atoms with Crippen LogP contribution in [0.2, 0.25) is 0 Å². The molecule has 0 aliphatic carbocycles. The van der Waals surface area contributed by atoms with Crippen LogP contribution in [0.1, 0.15) is 22.8 Å². The Morgan fingerprint density at radius 3 is 2.32 bits per heavy atom. The van der Waals surface area contributed by atoms with Crippen molar-refractivity contribution >= 4 is 17.7 Å². The summed E-state index contributed by atoms with van der Waals surface area (Å²) >= 11 is 1.82. The molecule has 0 aliphatic heterocycles. The minimum atomic E-state index is -0.281. The molecule has 3 rings (SSSR count). The maximum absolute atomic E-state index is 12.3. The SMILES string of the molecule is CCOC(=O)c1ccccc1-c1ccccc1CSCCOc1ccccc1. The van der Waals surface area contributed by atoms with Crippen molar-refractivity contribution in [2.24, 2.45) is 0 Å². The number of rotatable bonds is 9. The van der Waals surface area contributed by atoms with Crippen LogP contribution in [0.25, 0.3) is 11.1 Å². The van der Waals surface area contributed by atoms with Crippen molar-refractivity contribution in [1.29, 1.82) is 0 Å². The molecule has 0 aliphatic rings. The van der Waals surface area contributed by atoms with E-state index < -0.39 is 0 Å². The van der Waals surface area contributed by atoms with Crippen molar-refractivity contribution in [2.45, 2.75) is 12.7 Å². The molecule has 0 atom stereocenters. The molecule has 0 spiro atoms. The van der Waals surface area contributed by atoms with Gasteiger partial charge in [0.2, 0.25) is 0 Å². The number of carbonyl (C=O) groups is 1. The van der Waals surface area contributed by atoms with Crippen molar-refractivity contribution in [2.75, 3.05) is 19.0 Å². The van der Waals surface area contributed by atoms with Gasteiger partial charge in [-0.3, -0.25) is 0 Å². The summed E-state index contributed by atoms with van der Waals surface area (Å²) in [6, 6.07) is 25.7. The van der Waals surface area contributed by atoms with Gasteiger partial charge in [-0.15, -0.1) is 0 Å². The first-order chi connectivity index (χ1) is 13.8. The number of para-hydroxylation sites is 1. The summed E-state index contributed by atoms with van der Waals surface area (Å²) in [5.74, 6) is 2.36. The second kappa shape index (κ2) is 10.6. The topological polar surface area (TPSA) is 35.5 Å². The standard InChI is InChI=1S/C24H24O3S/c1-2-26-24(25)23-15-9-8-14-22(23)21-13-7-6-10-19(21)18-28-17-16-27-20-11-4-3-5-12-20/h3-15H,2,16-18H2,1H3. The van der Waals surface area contributed by atoms with Gasteiger partial charge in [0.05, 0.1) is 18.8 Å². The van der Waals surface area contributed by atoms with Gasteiger partial charge < -0.3 is 9.47 Å². The van der Waals surface area contributed by atoms with E-state index in [0.29, 0.717) is 18.8 Å². The van der Waals surface area contributed by atoms with Crippen LogP contribution in [0.15, 0.2) is 78.9 Å². The summed E-state index contributed by atoms with van der Waals surface area (Å²) in [5, 5.41) is 0. The van der Waals surface area contributed by atoms with E-state index >= 15 is 0 Å². The molecule has 3 nitrogen and oxygen atoms in total. The van der Waals surface area contributed by atoms with E-state index in [1.165, 1.54) is 5.56 Å². The Bertz CT molecular complexity index is 893. The molecule has 0 amide bonds. The Kier molecular flexibility index (Phi) is 7.56. The first-order valence-electron chi connectivity index (χ1n) is 9.39. The zero-order chi connectivity index (χ0) is 19.6. The predicted molar refractivity (Wildman–Crippen MR) is 116 cm³/mol. The van der Waals surface area contributed by atoms with Crippen molar-refractivity contribution in [3.63, 3.8) is 0 Å². The van der Waals surface area contributed by atoms with E-state index in [1.807, 2.05) is 85.4 Å². The van der Waals surface area contributed by atoms with Crippen LogP contribution in [-0.4, -0.2) is 24.9 Å². The highest BCUT2D eigenvalue weighted by Gasteiger charge is 2.15. The van der Waals surface area contributed by atoms with Crippen molar-refractivity contribution in [3.8, 4) is 16.9 Å². The lowest BCUT2D eigenvalue weighted by atomic mass is 9.96. The van der Waals surface area contributed by atoms with Crippen LogP contribution in [0, 0.1) is 0 Å². The largest absolute Gasteiger partial charge is 0.493 e. The van der Waals surface area contributed by atoms with Gasteiger partial charge >= 0.3 is 5.97 Å². The van der Waals surface area contributed by atoms with Gasteiger partial charge in [-0.1, -0.05) is 60.7 Å². The summed E-state index contributed by atoms with van der Waals surface area (Å²) in [6.45, 7) is 2.85. The lowest BCUT2D eigenvalue weighted by Crippen LogP contribution is -2.07. The van der Waals surface area contributed by atoms with Gasteiger partial charge in [0.1, 0.15) is 5.75 Å². The van der Waals surface area contributed by atoms with Gasteiger partial charge in [-0.05, 0) is 41.8 Å². The molecule has 0 fully saturated rings. The van der Waals surface area contributed by atoms with E-state index in [-0.39, 0.29) is 5.97 Å². The summed E-state index contributed by atoms with van der Waals surface area (Å²) in [6.07, 6.45) is 0. The highest BCUT2D eigenvalue weighted by Crippen LogP contribution is 2.30. The molecule has 0 saturated carbocycles. The molecule has 0 saturated heterocycles. The number of thioether (sulfide) groups is 1. The third-order valence-electron chi connectivity index (χ3n) is 4.23. The molecule has 3 aromatic carbocycles. The maximum Gasteiger partial charge on any atom is 0.338 e. The van der Waals surface area contributed by atoms with E-state index in [0.717, 1.165) is 28.4 Å². The summed E-state index contributed by atoms with van der Waals surface area (Å²) in [5.41, 5.74) is 3.79. The first-order valence-corrected chi connectivity index (χ1v) is 10.5. The maximum atomic E-state index is 12.3. The summed E-state index contributed by atoms with van der Waals surface area (Å²) in [7, 11) is 0. The Balaban J connectivity index is 1.66. The zero-order valence-corrected chi connectivity index (χ0v) is 16.8. The van der Waals surface area contributed by atoms with Crippen LogP contribution in [0.5, 0.6) is 5.75 Å². The molecule has 0 radical (unpaired) electrons. The van der Waals surface area contributed by atoms with Crippen LogP contribution in [0.4, 0.5) is 0 Å². The Labute approximate surface area is 170 Å². The summed E-state index contributed by atoms with van der Waals surface area (Å²) in [4.78, 5) is 12.3. The Morgan fingerprint density at radius 1 is 0.857 bits per heavy atom.